The van der Waals surface area contributed by atoms with Gasteiger partial charge in [-0.15, -0.1) is 0 Å². The number of halogens is 2. The summed E-state index contributed by atoms with van der Waals surface area (Å²) in [4.78, 5) is 11.3. The molecule has 3 rings (SSSR count). The molecule has 0 atom stereocenters. The SMILES string of the molecule is NC(=O)n1ncc2c(Nc3ccc(I)cc3F)cccc21. The number of rotatable bonds is 2. The second kappa shape index (κ2) is 5.32. The quantitative estimate of drug-likeness (QED) is 0.652. The zero-order valence-electron chi connectivity index (χ0n) is 10.7. The minimum Gasteiger partial charge on any atom is -0.353 e. The molecule has 0 unspecified atom stereocenters. The van der Waals surface area contributed by atoms with Crippen LogP contribution < -0.4 is 11.1 Å². The summed E-state index contributed by atoms with van der Waals surface area (Å²) in [5.74, 6) is -0.346. The Bertz CT molecular complexity index is 846. The van der Waals surface area contributed by atoms with Crippen LogP contribution in [0.4, 0.5) is 20.6 Å². The number of nitrogens with two attached hydrogens (primary N) is 1. The number of aromatic nitrogens is 2. The molecule has 1 amide bonds. The summed E-state index contributed by atoms with van der Waals surface area (Å²) < 4.78 is 15.8. The summed E-state index contributed by atoms with van der Waals surface area (Å²) in [5, 5.41) is 7.64. The molecule has 3 aromatic rings. The van der Waals surface area contributed by atoms with Crippen LogP contribution in [0.3, 0.4) is 0 Å². The van der Waals surface area contributed by atoms with Gasteiger partial charge in [-0.2, -0.15) is 9.78 Å². The van der Waals surface area contributed by atoms with Crippen LogP contribution in [0.2, 0.25) is 0 Å². The van der Waals surface area contributed by atoms with Crippen molar-refractivity contribution in [3.8, 4) is 0 Å². The van der Waals surface area contributed by atoms with Gasteiger partial charge in [0.05, 0.1) is 17.4 Å². The van der Waals surface area contributed by atoms with Crippen molar-refractivity contribution in [3.63, 3.8) is 0 Å². The summed E-state index contributed by atoms with van der Waals surface area (Å²) >= 11 is 2.05. The Balaban J connectivity index is 2.07. The zero-order valence-corrected chi connectivity index (χ0v) is 12.8. The lowest BCUT2D eigenvalue weighted by atomic mass is 10.2. The predicted octanol–water partition coefficient (Wildman–Crippen LogP) is 3.45. The lowest BCUT2D eigenvalue weighted by Crippen LogP contribution is -2.20. The van der Waals surface area contributed by atoms with E-state index in [9.17, 15) is 9.18 Å². The monoisotopic (exact) mass is 396 g/mol. The first-order valence-corrected chi connectivity index (χ1v) is 7.13. The lowest BCUT2D eigenvalue weighted by Gasteiger charge is -2.09. The molecular weight excluding hydrogens is 386 g/mol. The molecule has 7 heteroatoms. The van der Waals surface area contributed by atoms with Crippen molar-refractivity contribution in [2.75, 3.05) is 5.32 Å². The second-order valence-electron chi connectivity index (χ2n) is 4.38. The van der Waals surface area contributed by atoms with Gasteiger partial charge in [0.2, 0.25) is 0 Å². The van der Waals surface area contributed by atoms with E-state index in [0.29, 0.717) is 22.3 Å². The third-order valence-corrected chi connectivity index (χ3v) is 3.69. The highest BCUT2D eigenvalue weighted by molar-refractivity contribution is 14.1. The topological polar surface area (TPSA) is 72.9 Å². The Morgan fingerprint density at radius 3 is 2.81 bits per heavy atom. The molecule has 0 saturated heterocycles. The number of amides is 1. The second-order valence-corrected chi connectivity index (χ2v) is 5.63. The van der Waals surface area contributed by atoms with Crippen molar-refractivity contribution >= 4 is 50.9 Å². The third kappa shape index (κ3) is 2.56. The number of carbonyl (C=O) groups is 1. The molecule has 1 heterocycles. The van der Waals surface area contributed by atoms with E-state index in [-0.39, 0.29) is 5.82 Å². The zero-order chi connectivity index (χ0) is 15.0. The van der Waals surface area contributed by atoms with Crippen molar-refractivity contribution < 1.29 is 9.18 Å². The average molecular weight is 396 g/mol. The summed E-state index contributed by atoms with van der Waals surface area (Å²) in [5.41, 5.74) is 6.83. The number of hydrogen-bond acceptors (Lipinski definition) is 3. The van der Waals surface area contributed by atoms with Crippen LogP contribution in [0.25, 0.3) is 10.9 Å². The number of carbonyl (C=O) groups excluding carboxylic acids is 1. The predicted molar refractivity (Wildman–Crippen MR) is 87.1 cm³/mol. The molecule has 5 nitrogen and oxygen atoms in total. The standard InChI is InChI=1S/C14H10FIN4O/c15-10-6-8(16)4-5-12(10)19-11-2-1-3-13-9(11)7-18-20(13)14(17)21/h1-7,19H,(H2,17,21). The molecule has 0 spiro atoms. The van der Waals surface area contributed by atoms with Gasteiger partial charge >= 0.3 is 6.03 Å². The average Bonchev–Trinajstić information content (AvgIpc) is 2.87. The molecule has 0 fully saturated rings. The Morgan fingerprint density at radius 2 is 2.10 bits per heavy atom. The number of fused-ring (bicyclic) bond motifs is 1. The van der Waals surface area contributed by atoms with Crippen LogP contribution in [0.15, 0.2) is 42.6 Å². The molecule has 0 bridgehead atoms. The van der Waals surface area contributed by atoms with E-state index >= 15 is 0 Å². The third-order valence-electron chi connectivity index (χ3n) is 3.02. The summed E-state index contributed by atoms with van der Waals surface area (Å²) in [7, 11) is 0. The van der Waals surface area contributed by atoms with Crippen LogP contribution >= 0.6 is 22.6 Å². The van der Waals surface area contributed by atoms with Gasteiger partial charge in [0.1, 0.15) is 5.82 Å². The Morgan fingerprint density at radius 1 is 1.29 bits per heavy atom. The molecule has 2 aromatic carbocycles. The van der Waals surface area contributed by atoms with Gasteiger partial charge in [-0.1, -0.05) is 6.07 Å². The summed E-state index contributed by atoms with van der Waals surface area (Å²) in [6.07, 6.45) is 1.52. The Kier molecular flexibility index (Phi) is 3.50. The van der Waals surface area contributed by atoms with E-state index < -0.39 is 6.03 Å². The maximum atomic E-state index is 13.9. The van der Waals surface area contributed by atoms with Crippen molar-refractivity contribution in [1.29, 1.82) is 0 Å². The molecule has 0 aliphatic carbocycles. The van der Waals surface area contributed by atoms with Crippen LogP contribution in [0, 0.1) is 9.39 Å². The fraction of sp³-hybridized carbons (Fsp3) is 0. The van der Waals surface area contributed by atoms with Crippen LogP contribution in [-0.2, 0) is 0 Å². The highest BCUT2D eigenvalue weighted by Crippen LogP contribution is 2.28. The van der Waals surface area contributed by atoms with E-state index in [1.807, 2.05) is 22.6 Å². The van der Waals surface area contributed by atoms with Gasteiger partial charge in [-0.25, -0.2) is 9.18 Å². The molecule has 21 heavy (non-hydrogen) atoms. The minimum absolute atomic E-state index is 0.346. The summed E-state index contributed by atoms with van der Waals surface area (Å²) in [6, 6.07) is 9.50. The van der Waals surface area contributed by atoms with Gasteiger partial charge in [0.15, 0.2) is 0 Å². The highest BCUT2D eigenvalue weighted by Gasteiger charge is 2.11. The smallest absolute Gasteiger partial charge is 0.340 e. The number of anilines is 2. The van der Waals surface area contributed by atoms with Gasteiger partial charge in [-0.05, 0) is 52.9 Å². The number of primary amides is 1. The van der Waals surface area contributed by atoms with Gasteiger partial charge in [0.25, 0.3) is 0 Å². The maximum absolute atomic E-state index is 13.9. The normalized spacial score (nSPS) is 10.8. The summed E-state index contributed by atoms with van der Waals surface area (Å²) in [6.45, 7) is 0. The van der Waals surface area contributed by atoms with Gasteiger partial charge < -0.3 is 11.1 Å². The van der Waals surface area contributed by atoms with E-state index in [1.165, 1.54) is 12.3 Å². The minimum atomic E-state index is -0.664. The van der Waals surface area contributed by atoms with Crippen LogP contribution in [0.1, 0.15) is 0 Å². The molecule has 0 radical (unpaired) electrons. The molecule has 3 N–H and O–H groups in total. The number of nitrogens with zero attached hydrogens (tertiary/aromatic N) is 2. The van der Waals surface area contributed by atoms with E-state index in [4.69, 9.17) is 5.73 Å². The number of nitrogens with one attached hydrogen (secondary N) is 1. The first-order chi connectivity index (χ1) is 10.1. The fourth-order valence-corrected chi connectivity index (χ4v) is 2.52. The molecule has 0 aliphatic heterocycles. The van der Waals surface area contributed by atoms with E-state index in [1.54, 1.807) is 30.3 Å². The molecule has 1 aromatic heterocycles. The van der Waals surface area contributed by atoms with Crippen molar-refractivity contribution in [3.05, 3.63) is 52.0 Å². The molecule has 0 aliphatic rings. The first-order valence-electron chi connectivity index (χ1n) is 6.05. The van der Waals surface area contributed by atoms with Crippen molar-refractivity contribution in [1.82, 2.24) is 9.78 Å². The first kappa shape index (κ1) is 13.8. The van der Waals surface area contributed by atoms with E-state index in [0.717, 1.165) is 8.25 Å². The Hall–Kier alpha value is -2.16. The number of hydrogen-bond donors (Lipinski definition) is 2. The van der Waals surface area contributed by atoms with E-state index in [2.05, 4.69) is 10.4 Å². The van der Waals surface area contributed by atoms with Crippen LogP contribution in [-0.4, -0.2) is 15.8 Å². The van der Waals surface area contributed by atoms with Gasteiger partial charge in [-0.3, -0.25) is 0 Å². The van der Waals surface area contributed by atoms with Gasteiger partial charge in [0, 0.05) is 14.6 Å². The largest absolute Gasteiger partial charge is 0.353 e. The van der Waals surface area contributed by atoms with Crippen LogP contribution in [0.5, 0.6) is 0 Å². The number of benzene rings is 2. The molecule has 106 valence electrons. The van der Waals surface area contributed by atoms with Crippen molar-refractivity contribution in [2.24, 2.45) is 5.73 Å². The molecule has 0 saturated carbocycles. The molecular formula is C14H10FIN4O. The lowest BCUT2D eigenvalue weighted by molar-refractivity contribution is 0.248. The Labute approximate surface area is 133 Å². The fourth-order valence-electron chi connectivity index (χ4n) is 2.07. The highest BCUT2D eigenvalue weighted by atomic mass is 127. The van der Waals surface area contributed by atoms with Crippen molar-refractivity contribution in [2.45, 2.75) is 0 Å². The maximum Gasteiger partial charge on any atom is 0.340 e.